The van der Waals surface area contributed by atoms with E-state index < -0.39 is 0 Å². The fourth-order valence-electron chi connectivity index (χ4n) is 1.36. The van der Waals surface area contributed by atoms with Crippen LogP contribution in [0, 0.1) is 13.8 Å². The molecular formula is C11H14O. The van der Waals surface area contributed by atoms with Gasteiger partial charge in [-0.3, -0.25) is 0 Å². The molecule has 0 aromatic heterocycles. The van der Waals surface area contributed by atoms with Crippen LogP contribution in [0.5, 0.6) is 5.75 Å². The number of hydrogen-bond acceptors (Lipinski definition) is 1. The summed E-state index contributed by atoms with van der Waals surface area (Å²) in [7, 11) is 0. The first-order chi connectivity index (χ1) is 5.65. The molecule has 0 saturated heterocycles. The van der Waals surface area contributed by atoms with Gasteiger partial charge in [-0.1, -0.05) is 23.8 Å². The largest absolute Gasteiger partial charge is 0.507 e. The lowest BCUT2D eigenvalue weighted by atomic mass is 10.0. The number of phenols is 1. The second kappa shape index (κ2) is 3.44. The first-order valence-electron chi connectivity index (χ1n) is 4.05. The van der Waals surface area contributed by atoms with Gasteiger partial charge in [0.15, 0.2) is 0 Å². The van der Waals surface area contributed by atoms with Crippen molar-refractivity contribution in [2.24, 2.45) is 0 Å². The Morgan fingerprint density at radius 1 is 1.42 bits per heavy atom. The van der Waals surface area contributed by atoms with Gasteiger partial charge in [-0.05, 0) is 31.4 Å². The van der Waals surface area contributed by atoms with Crippen LogP contribution in [0.4, 0.5) is 0 Å². The molecule has 0 bridgehead atoms. The van der Waals surface area contributed by atoms with E-state index in [0.29, 0.717) is 5.75 Å². The first-order valence-corrected chi connectivity index (χ1v) is 4.05. The van der Waals surface area contributed by atoms with Crippen LogP contribution in [0.3, 0.4) is 0 Å². The summed E-state index contributed by atoms with van der Waals surface area (Å²) in [5.74, 6) is 0.403. The van der Waals surface area contributed by atoms with Gasteiger partial charge in [0.1, 0.15) is 5.75 Å². The standard InChI is InChI=1S/C11H14O/c1-4-5-10-7-8(2)6-9(3)11(10)12/h4,6-7,12H,1,5H2,2-3H3. The molecule has 1 rings (SSSR count). The van der Waals surface area contributed by atoms with Crippen LogP contribution in [-0.4, -0.2) is 5.11 Å². The van der Waals surface area contributed by atoms with Gasteiger partial charge in [0.25, 0.3) is 0 Å². The van der Waals surface area contributed by atoms with Crippen molar-refractivity contribution in [1.29, 1.82) is 0 Å². The summed E-state index contributed by atoms with van der Waals surface area (Å²) in [6.45, 7) is 7.58. The van der Waals surface area contributed by atoms with Gasteiger partial charge in [0, 0.05) is 0 Å². The SMILES string of the molecule is C=CCc1cc(C)cc(C)c1O. The van der Waals surface area contributed by atoms with E-state index in [1.165, 1.54) is 5.56 Å². The molecule has 1 heteroatoms. The maximum absolute atomic E-state index is 9.61. The van der Waals surface area contributed by atoms with Gasteiger partial charge in [0.2, 0.25) is 0 Å². The van der Waals surface area contributed by atoms with Gasteiger partial charge in [-0.15, -0.1) is 6.58 Å². The van der Waals surface area contributed by atoms with E-state index in [2.05, 4.69) is 6.58 Å². The molecule has 0 unspecified atom stereocenters. The van der Waals surface area contributed by atoms with Crippen LogP contribution in [-0.2, 0) is 6.42 Å². The van der Waals surface area contributed by atoms with E-state index in [-0.39, 0.29) is 0 Å². The van der Waals surface area contributed by atoms with Crippen molar-refractivity contribution < 1.29 is 5.11 Å². The fourth-order valence-corrected chi connectivity index (χ4v) is 1.36. The summed E-state index contributed by atoms with van der Waals surface area (Å²) in [4.78, 5) is 0. The summed E-state index contributed by atoms with van der Waals surface area (Å²) < 4.78 is 0. The Morgan fingerprint density at radius 2 is 2.08 bits per heavy atom. The van der Waals surface area contributed by atoms with E-state index in [1.54, 1.807) is 6.08 Å². The highest BCUT2D eigenvalue weighted by atomic mass is 16.3. The molecule has 1 aromatic carbocycles. The second-order valence-corrected chi connectivity index (χ2v) is 3.08. The minimum Gasteiger partial charge on any atom is -0.507 e. The van der Waals surface area contributed by atoms with Crippen LogP contribution in [0.1, 0.15) is 16.7 Å². The average molecular weight is 162 g/mol. The number of aromatic hydroxyl groups is 1. The van der Waals surface area contributed by atoms with Crippen LogP contribution < -0.4 is 0 Å². The second-order valence-electron chi connectivity index (χ2n) is 3.08. The lowest BCUT2D eigenvalue weighted by Gasteiger charge is -2.06. The van der Waals surface area contributed by atoms with Gasteiger partial charge in [-0.2, -0.15) is 0 Å². The summed E-state index contributed by atoms with van der Waals surface area (Å²) >= 11 is 0. The molecule has 12 heavy (non-hydrogen) atoms. The fraction of sp³-hybridized carbons (Fsp3) is 0.273. The van der Waals surface area contributed by atoms with Gasteiger partial charge in [-0.25, -0.2) is 0 Å². The summed E-state index contributed by atoms with van der Waals surface area (Å²) in [6.07, 6.45) is 2.53. The van der Waals surface area contributed by atoms with Crippen LogP contribution >= 0.6 is 0 Å². The molecule has 64 valence electrons. The molecule has 0 aliphatic heterocycles. The number of allylic oxidation sites excluding steroid dienone is 1. The lowest BCUT2D eigenvalue weighted by molar-refractivity contribution is 0.465. The molecule has 0 saturated carbocycles. The predicted octanol–water partition coefficient (Wildman–Crippen LogP) is 2.74. The van der Waals surface area contributed by atoms with Gasteiger partial charge in [0.05, 0.1) is 0 Å². The molecule has 0 spiro atoms. The highest BCUT2D eigenvalue weighted by Crippen LogP contribution is 2.23. The van der Waals surface area contributed by atoms with Crippen LogP contribution in [0.15, 0.2) is 24.8 Å². The molecular weight excluding hydrogens is 148 g/mol. The molecule has 1 aromatic rings. The first kappa shape index (κ1) is 8.85. The van der Waals surface area contributed by atoms with Crippen molar-refractivity contribution in [3.63, 3.8) is 0 Å². The third-order valence-electron chi connectivity index (χ3n) is 1.89. The van der Waals surface area contributed by atoms with E-state index in [4.69, 9.17) is 0 Å². The number of phenolic OH excluding ortho intramolecular Hbond substituents is 1. The third-order valence-corrected chi connectivity index (χ3v) is 1.89. The van der Waals surface area contributed by atoms with Crippen molar-refractivity contribution in [3.05, 3.63) is 41.5 Å². The topological polar surface area (TPSA) is 20.2 Å². The third kappa shape index (κ3) is 1.67. The Labute approximate surface area is 73.4 Å². The van der Waals surface area contributed by atoms with E-state index in [9.17, 15) is 5.11 Å². The maximum atomic E-state index is 9.61. The van der Waals surface area contributed by atoms with Crippen molar-refractivity contribution in [2.45, 2.75) is 20.3 Å². The molecule has 0 amide bonds. The predicted molar refractivity (Wildman–Crippen MR) is 51.5 cm³/mol. The minimum absolute atomic E-state index is 0.403. The zero-order valence-corrected chi connectivity index (χ0v) is 7.59. The number of rotatable bonds is 2. The number of hydrogen-bond donors (Lipinski definition) is 1. The van der Waals surface area contributed by atoms with Crippen molar-refractivity contribution in [1.82, 2.24) is 0 Å². The quantitative estimate of drug-likeness (QED) is 0.663. The Bertz CT molecular complexity index is 300. The van der Waals surface area contributed by atoms with Crippen LogP contribution in [0.2, 0.25) is 0 Å². The minimum atomic E-state index is 0.403. The molecule has 1 nitrogen and oxygen atoms in total. The highest BCUT2D eigenvalue weighted by Gasteiger charge is 2.02. The molecule has 0 aliphatic carbocycles. The van der Waals surface area contributed by atoms with Gasteiger partial charge < -0.3 is 5.11 Å². The highest BCUT2D eigenvalue weighted by molar-refractivity contribution is 5.43. The summed E-state index contributed by atoms with van der Waals surface area (Å²) in [5.41, 5.74) is 3.08. The molecule has 0 heterocycles. The summed E-state index contributed by atoms with van der Waals surface area (Å²) in [5, 5.41) is 9.61. The number of benzene rings is 1. The Kier molecular flexibility index (Phi) is 2.54. The van der Waals surface area contributed by atoms with Crippen molar-refractivity contribution in [2.75, 3.05) is 0 Å². The molecule has 0 radical (unpaired) electrons. The van der Waals surface area contributed by atoms with Crippen molar-refractivity contribution >= 4 is 0 Å². The lowest BCUT2D eigenvalue weighted by Crippen LogP contribution is -1.87. The Morgan fingerprint density at radius 3 is 2.67 bits per heavy atom. The number of aryl methyl sites for hydroxylation is 2. The normalized spacial score (nSPS) is 9.83. The molecule has 0 atom stereocenters. The smallest absolute Gasteiger partial charge is 0.122 e. The average Bonchev–Trinajstić information content (AvgIpc) is 2.00. The monoisotopic (exact) mass is 162 g/mol. The van der Waals surface area contributed by atoms with Crippen molar-refractivity contribution in [3.8, 4) is 5.75 Å². The molecule has 1 N–H and O–H groups in total. The maximum Gasteiger partial charge on any atom is 0.122 e. The van der Waals surface area contributed by atoms with Crippen LogP contribution in [0.25, 0.3) is 0 Å². The summed E-state index contributed by atoms with van der Waals surface area (Å²) in [6, 6.07) is 3.96. The molecule has 0 fully saturated rings. The zero-order chi connectivity index (χ0) is 9.14. The van der Waals surface area contributed by atoms with E-state index >= 15 is 0 Å². The van der Waals surface area contributed by atoms with Gasteiger partial charge >= 0.3 is 0 Å². The Balaban J connectivity index is 3.17. The van der Waals surface area contributed by atoms with E-state index in [1.807, 2.05) is 26.0 Å². The van der Waals surface area contributed by atoms with E-state index in [0.717, 1.165) is 17.5 Å². The Hall–Kier alpha value is -1.24. The zero-order valence-electron chi connectivity index (χ0n) is 7.59. The molecule has 0 aliphatic rings.